The summed E-state index contributed by atoms with van der Waals surface area (Å²) in [6.45, 7) is 5.10. The van der Waals surface area contributed by atoms with Gasteiger partial charge in [0.2, 0.25) is 5.82 Å². The molecule has 0 saturated carbocycles. The summed E-state index contributed by atoms with van der Waals surface area (Å²) in [6.07, 6.45) is 1.20. The van der Waals surface area contributed by atoms with Gasteiger partial charge in [-0.05, 0) is 6.92 Å². The molecule has 0 aliphatic rings. The maximum absolute atomic E-state index is 5.28. The van der Waals surface area contributed by atoms with Crippen molar-refractivity contribution in [3.8, 4) is 11.4 Å². The SMILES string of the molecule is Cc1ccc(-c2noc(C[NH2+]CCC[NH+](C)C)n2)cc1. The predicted molar refractivity (Wildman–Crippen MR) is 77.3 cm³/mol. The van der Waals surface area contributed by atoms with Gasteiger partial charge in [0.05, 0.1) is 27.2 Å². The minimum atomic E-state index is 0.672. The Kier molecular flexibility index (Phi) is 5.26. The quantitative estimate of drug-likeness (QED) is 0.679. The Morgan fingerprint density at radius 2 is 1.95 bits per heavy atom. The van der Waals surface area contributed by atoms with Crippen molar-refractivity contribution < 1.29 is 14.7 Å². The fourth-order valence-corrected chi connectivity index (χ4v) is 1.98. The average Bonchev–Trinajstić information content (AvgIpc) is 2.87. The number of hydrogen-bond acceptors (Lipinski definition) is 3. The fourth-order valence-electron chi connectivity index (χ4n) is 1.98. The third kappa shape index (κ3) is 4.43. The summed E-state index contributed by atoms with van der Waals surface area (Å²) in [7, 11) is 4.34. The largest absolute Gasteiger partial charge is 0.340 e. The van der Waals surface area contributed by atoms with Crippen LogP contribution in [0.25, 0.3) is 11.4 Å². The summed E-state index contributed by atoms with van der Waals surface area (Å²) in [5, 5.41) is 6.25. The van der Waals surface area contributed by atoms with E-state index in [0.717, 1.165) is 18.7 Å². The highest BCUT2D eigenvalue weighted by Gasteiger charge is 2.09. The zero-order valence-electron chi connectivity index (χ0n) is 12.5. The first-order valence-electron chi connectivity index (χ1n) is 7.15. The Labute approximate surface area is 120 Å². The first-order valence-corrected chi connectivity index (χ1v) is 7.15. The van der Waals surface area contributed by atoms with E-state index in [0.29, 0.717) is 11.7 Å². The van der Waals surface area contributed by atoms with Crippen LogP contribution in [0.15, 0.2) is 28.8 Å². The molecule has 1 aromatic carbocycles. The number of rotatable bonds is 7. The zero-order chi connectivity index (χ0) is 14.4. The number of quaternary nitrogens is 2. The molecule has 0 saturated heterocycles. The normalized spacial score (nSPS) is 11.2. The lowest BCUT2D eigenvalue weighted by Crippen LogP contribution is -3.06. The Balaban J connectivity index is 1.82. The fraction of sp³-hybridized carbons (Fsp3) is 0.467. The summed E-state index contributed by atoms with van der Waals surface area (Å²) < 4.78 is 5.28. The smallest absolute Gasteiger partial charge is 0.282 e. The monoisotopic (exact) mass is 276 g/mol. The molecule has 108 valence electrons. The number of hydrogen-bond donors (Lipinski definition) is 2. The second kappa shape index (κ2) is 7.17. The van der Waals surface area contributed by atoms with Gasteiger partial charge in [0, 0.05) is 12.0 Å². The Hall–Kier alpha value is -1.72. The summed E-state index contributed by atoms with van der Waals surface area (Å²) in [4.78, 5) is 5.91. The molecule has 5 nitrogen and oxygen atoms in total. The minimum Gasteiger partial charge on any atom is -0.340 e. The first kappa shape index (κ1) is 14.7. The topological polar surface area (TPSA) is 60.0 Å². The molecular formula is C15H24N4O+2. The van der Waals surface area contributed by atoms with E-state index in [1.54, 1.807) is 0 Å². The van der Waals surface area contributed by atoms with Crippen molar-refractivity contribution in [3.63, 3.8) is 0 Å². The Bertz CT molecular complexity index is 519. The van der Waals surface area contributed by atoms with Crippen LogP contribution in [-0.4, -0.2) is 37.3 Å². The Morgan fingerprint density at radius 1 is 1.20 bits per heavy atom. The summed E-state index contributed by atoms with van der Waals surface area (Å²) in [6, 6.07) is 8.16. The molecule has 2 rings (SSSR count). The van der Waals surface area contributed by atoms with Crippen molar-refractivity contribution in [3.05, 3.63) is 35.7 Å². The third-order valence-electron chi connectivity index (χ3n) is 3.18. The van der Waals surface area contributed by atoms with Gasteiger partial charge in [-0.2, -0.15) is 4.98 Å². The van der Waals surface area contributed by atoms with Crippen molar-refractivity contribution in [2.45, 2.75) is 19.9 Å². The van der Waals surface area contributed by atoms with E-state index in [4.69, 9.17) is 4.52 Å². The first-order chi connectivity index (χ1) is 9.65. The van der Waals surface area contributed by atoms with Gasteiger partial charge in [0.1, 0.15) is 0 Å². The zero-order valence-corrected chi connectivity index (χ0v) is 12.5. The molecule has 0 bridgehead atoms. The van der Waals surface area contributed by atoms with Crippen LogP contribution in [0.1, 0.15) is 17.9 Å². The standard InChI is InChI=1S/C15H22N4O/c1-12-5-7-13(8-6-12)15-17-14(20-18-15)11-16-9-4-10-19(2)3/h5-8,16H,4,9-11H2,1-3H3/p+2. The number of benzene rings is 1. The lowest BCUT2D eigenvalue weighted by molar-refractivity contribution is -0.860. The molecule has 0 spiro atoms. The maximum Gasteiger partial charge on any atom is 0.282 e. The third-order valence-corrected chi connectivity index (χ3v) is 3.18. The predicted octanol–water partition coefficient (Wildman–Crippen LogP) is -0.357. The molecular weight excluding hydrogens is 252 g/mol. The van der Waals surface area contributed by atoms with Crippen molar-refractivity contribution in [2.75, 3.05) is 27.2 Å². The lowest BCUT2D eigenvalue weighted by Gasteiger charge is -2.04. The van der Waals surface area contributed by atoms with Crippen LogP contribution in [0.3, 0.4) is 0 Å². The van der Waals surface area contributed by atoms with Crippen LogP contribution >= 0.6 is 0 Å². The van der Waals surface area contributed by atoms with Gasteiger partial charge >= 0.3 is 0 Å². The molecule has 0 atom stereocenters. The molecule has 3 N–H and O–H groups in total. The van der Waals surface area contributed by atoms with Crippen LogP contribution in [-0.2, 0) is 6.54 Å². The van der Waals surface area contributed by atoms with E-state index in [2.05, 4.69) is 48.6 Å². The molecule has 5 heteroatoms. The summed E-state index contributed by atoms with van der Waals surface area (Å²) >= 11 is 0. The van der Waals surface area contributed by atoms with E-state index in [1.807, 2.05) is 12.1 Å². The molecule has 2 aromatic rings. The molecule has 1 aromatic heterocycles. The van der Waals surface area contributed by atoms with Crippen LogP contribution in [0.5, 0.6) is 0 Å². The van der Waals surface area contributed by atoms with Crippen LogP contribution in [0.2, 0.25) is 0 Å². The van der Waals surface area contributed by atoms with Crippen LogP contribution < -0.4 is 10.2 Å². The van der Waals surface area contributed by atoms with E-state index < -0.39 is 0 Å². The number of nitrogens with zero attached hydrogens (tertiary/aromatic N) is 2. The van der Waals surface area contributed by atoms with Gasteiger partial charge in [-0.25, -0.2) is 0 Å². The van der Waals surface area contributed by atoms with Gasteiger partial charge in [0.15, 0.2) is 6.54 Å². The highest BCUT2D eigenvalue weighted by atomic mass is 16.5. The Morgan fingerprint density at radius 3 is 2.65 bits per heavy atom. The van der Waals surface area contributed by atoms with Crippen LogP contribution in [0.4, 0.5) is 0 Å². The van der Waals surface area contributed by atoms with Gasteiger partial charge in [-0.3, -0.25) is 0 Å². The van der Waals surface area contributed by atoms with Gasteiger partial charge in [-0.15, -0.1) is 0 Å². The molecule has 0 aliphatic carbocycles. The van der Waals surface area contributed by atoms with E-state index in [1.165, 1.54) is 23.4 Å². The van der Waals surface area contributed by atoms with Crippen molar-refractivity contribution >= 4 is 0 Å². The lowest BCUT2D eigenvalue weighted by atomic mass is 10.1. The average molecular weight is 276 g/mol. The summed E-state index contributed by atoms with van der Waals surface area (Å²) in [5.74, 6) is 1.36. The number of aromatic nitrogens is 2. The molecule has 1 heterocycles. The molecule has 0 fully saturated rings. The molecule has 0 unspecified atom stereocenters. The second-order valence-electron chi connectivity index (χ2n) is 5.47. The number of nitrogens with two attached hydrogens (primary N) is 1. The molecule has 0 radical (unpaired) electrons. The van der Waals surface area contributed by atoms with Crippen LogP contribution in [0, 0.1) is 6.92 Å². The van der Waals surface area contributed by atoms with Crippen molar-refractivity contribution in [1.29, 1.82) is 0 Å². The number of aryl methyl sites for hydroxylation is 1. The molecule has 0 aliphatic heterocycles. The highest BCUT2D eigenvalue weighted by Crippen LogP contribution is 2.15. The highest BCUT2D eigenvalue weighted by molar-refractivity contribution is 5.54. The van der Waals surface area contributed by atoms with E-state index in [9.17, 15) is 0 Å². The van der Waals surface area contributed by atoms with Crippen molar-refractivity contribution in [1.82, 2.24) is 10.1 Å². The molecule has 0 amide bonds. The second-order valence-corrected chi connectivity index (χ2v) is 5.47. The van der Waals surface area contributed by atoms with Gasteiger partial charge in [0.25, 0.3) is 5.89 Å². The summed E-state index contributed by atoms with van der Waals surface area (Å²) in [5.41, 5.74) is 2.23. The van der Waals surface area contributed by atoms with Gasteiger partial charge in [-0.1, -0.05) is 35.0 Å². The van der Waals surface area contributed by atoms with Gasteiger partial charge < -0.3 is 14.7 Å². The van der Waals surface area contributed by atoms with Crippen molar-refractivity contribution in [2.24, 2.45) is 0 Å². The van der Waals surface area contributed by atoms with E-state index in [-0.39, 0.29) is 0 Å². The number of nitrogens with one attached hydrogen (secondary N) is 1. The molecule has 20 heavy (non-hydrogen) atoms. The minimum absolute atomic E-state index is 0.672. The maximum atomic E-state index is 5.28. The van der Waals surface area contributed by atoms with E-state index >= 15 is 0 Å².